The number of alkyl halides is 3. The van der Waals surface area contributed by atoms with Gasteiger partial charge in [-0.05, 0) is 24.1 Å². The second-order valence-electron chi connectivity index (χ2n) is 5.53. The number of carbonyl (C=O) groups excluding carboxylic acids is 1. The van der Waals surface area contributed by atoms with E-state index in [1.165, 1.54) is 11.0 Å². The molecule has 0 aliphatic rings. The Balaban J connectivity index is 0.00000625. The summed E-state index contributed by atoms with van der Waals surface area (Å²) < 4.78 is 39.8. The van der Waals surface area contributed by atoms with Gasteiger partial charge in [-0.1, -0.05) is 28.9 Å². The largest absolute Gasteiger partial charge is 0.416 e. The van der Waals surface area contributed by atoms with Crippen LogP contribution in [0.5, 0.6) is 0 Å². The predicted molar refractivity (Wildman–Crippen MR) is 111 cm³/mol. The molecule has 1 aromatic rings. The lowest BCUT2D eigenvalue weighted by atomic mass is 10.1. The Bertz CT molecular complexity index is 624. The van der Waals surface area contributed by atoms with Crippen LogP contribution >= 0.6 is 39.9 Å². The maximum Gasteiger partial charge on any atom is 0.416 e. The number of nitrogens with one attached hydrogen (secondary N) is 2. The molecule has 0 spiro atoms. The minimum absolute atomic E-state index is 0. The number of benzene rings is 1. The van der Waals surface area contributed by atoms with Crippen LogP contribution in [-0.2, 0) is 17.5 Å². The van der Waals surface area contributed by atoms with Crippen LogP contribution in [0, 0.1) is 0 Å². The molecule has 0 aliphatic carbocycles. The van der Waals surface area contributed by atoms with Crippen LogP contribution < -0.4 is 10.6 Å². The molecule has 0 aromatic heterocycles. The first-order valence-corrected chi connectivity index (χ1v) is 8.52. The second-order valence-corrected chi connectivity index (χ2v) is 6.45. The van der Waals surface area contributed by atoms with Crippen molar-refractivity contribution in [1.29, 1.82) is 0 Å². The first-order valence-electron chi connectivity index (χ1n) is 7.73. The molecule has 1 rings (SSSR count). The zero-order valence-electron chi connectivity index (χ0n) is 14.8. The fourth-order valence-corrected chi connectivity index (χ4v) is 2.21. The van der Waals surface area contributed by atoms with Gasteiger partial charge in [-0.3, -0.25) is 4.79 Å². The van der Waals surface area contributed by atoms with Crippen LogP contribution in [0.1, 0.15) is 24.5 Å². The van der Waals surface area contributed by atoms with E-state index in [-0.39, 0.29) is 48.5 Å². The van der Waals surface area contributed by atoms with Crippen molar-refractivity contribution in [2.75, 3.05) is 27.2 Å². The number of carbonyl (C=O) groups is 1. The Morgan fingerprint density at radius 2 is 1.92 bits per heavy atom. The maximum absolute atomic E-state index is 13.1. The quantitative estimate of drug-likeness (QED) is 0.323. The van der Waals surface area contributed by atoms with Gasteiger partial charge in [0.25, 0.3) is 0 Å². The van der Waals surface area contributed by atoms with Gasteiger partial charge in [-0.25, -0.2) is 4.99 Å². The number of amides is 1. The highest BCUT2D eigenvalue weighted by molar-refractivity contribution is 14.0. The molecule has 0 unspecified atom stereocenters. The molecule has 0 heterocycles. The molecule has 0 saturated carbocycles. The monoisotopic (exact) mass is 550 g/mol. The number of guanidine groups is 1. The van der Waals surface area contributed by atoms with E-state index < -0.39 is 11.7 Å². The molecule has 0 atom stereocenters. The van der Waals surface area contributed by atoms with E-state index in [9.17, 15) is 18.0 Å². The SMILES string of the molecule is CCCNC(=NCc1ccc(Br)cc1C(F)(F)F)NCC(=O)N(C)C.I. The van der Waals surface area contributed by atoms with Gasteiger partial charge >= 0.3 is 6.18 Å². The highest BCUT2D eigenvalue weighted by Crippen LogP contribution is 2.34. The lowest BCUT2D eigenvalue weighted by Crippen LogP contribution is -2.43. The lowest BCUT2D eigenvalue weighted by Gasteiger charge is -2.16. The third kappa shape index (κ3) is 8.56. The first-order chi connectivity index (χ1) is 11.6. The molecule has 5 nitrogen and oxygen atoms in total. The van der Waals surface area contributed by atoms with Gasteiger partial charge in [-0.15, -0.1) is 24.0 Å². The molecule has 148 valence electrons. The third-order valence-corrected chi connectivity index (χ3v) is 3.73. The van der Waals surface area contributed by atoms with Crippen molar-refractivity contribution in [2.24, 2.45) is 4.99 Å². The molecular weight excluding hydrogens is 528 g/mol. The molecule has 2 N–H and O–H groups in total. The van der Waals surface area contributed by atoms with E-state index in [2.05, 4.69) is 31.6 Å². The summed E-state index contributed by atoms with van der Waals surface area (Å²) in [6, 6.07) is 3.97. The average molecular weight is 551 g/mol. The van der Waals surface area contributed by atoms with Crippen LogP contribution in [0.2, 0.25) is 0 Å². The highest BCUT2D eigenvalue weighted by Gasteiger charge is 2.33. The molecule has 0 bridgehead atoms. The van der Waals surface area contributed by atoms with Gasteiger partial charge in [-0.2, -0.15) is 13.2 Å². The standard InChI is InChI=1S/C16H22BrF3N4O.HI/c1-4-7-21-15(23-10-14(25)24(2)3)22-9-11-5-6-12(17)8-13(11)16(18,19)20;/h5-6,8H,4,7,9-10H2,1-3H3,(H2,21,22,23);1H. The summed E-state index contributed by atoms with van der Waals surface area (Å²) in [6.45, 7) is 2.40. The van der Waals surface area contributed by atoms with E-state index in [1.54, 1.807) is 20.2 Å². The Labute approximate surface area is 177 Å². The molecule has 0 radical (unpaired) electrons. The Morgan fingerprint density at radius 1 is 1.27 bits per heavy atom. The molecule has 0 fully saturated rings. The van der Waals surface area contributed by atoms with Gasteiger partial charge in [0.15, 0.2) is 5.96 Å². The number of halogens is 5. The number of likely N-dealkylation sites (N-methyl/N-ethyl adjacent to an activating group) is 1. The molecule has 26 heavy (non-hydrogen) atoms. The Morgan fingerprint density at radius 3 is 2.46 bits per heavy atom. The van der Waals surface area contributed by atoms with E-state index >= 15 is 0 Å². The lowest BCUT2D eigenvalue weighted by molar-refractivity contribution is -0.138. The maximum atomic E-state index is 13.1. The van der Waals surface area contributed by atoms with Crippen molar-refractivity contribution in [3.63, 3.8) is 0 Å². The van der Waals surface area contributed by atoms with Crippen LogP contribution in [-0.4, -0.2) is 44.0 Å². The predicted octanol–water partition coefficient (Wildman–Crippen LogP) is 3.62. The van der Waals surface area contributed by atoms with Crippen molar-refractivity contribution < 1.29 is 18.0 Å². The van der Waals surface area contributed by atoms with Crippen molar-refractivity contribution in [2.45, 2.75) is 26.1 Å². The zero-order chi connectivity index (χ0) is 19.0. The topological polar surface area (TPSA) is 56.7 Å². The van der Waals surface area contributed by atoms with E-state index in [1.807, 2.05) is 6.92 Å². The molecule has 10 heteroatoms. The number of rotatable bonds is 6. The fraction of sp³-hybridized carbons (Fsp3) is 0.500. The smallest absolute Gasteiger partial charge is 0.356 e. The first kappa shape index (κ1) is 25.0. The summed E-state index contributed by atoms with van der Waals surface area (Å²) in [7, 11) is 3.25. The summed E-state index contributed by atoms with van der Waals surface area (Å²) in [5.41, 5.74) is -0.669. The van der Waals surface area contributed by atoms with Gasteiger partial charge < -0.3 is 15.5 Å². The Hall–Kier alpha value is -1.04. The Kier molecular flexibility index (Phi) is 11.2. The second kappa shape index (κ2) is 11.6. The summed E-state index contributed by atoms with van der Waals surface area (Å²) in [6.07, 6.45) is -3.64. The van der Waals surface area contributed by atoms with Gasteiger partial charge in [0.05, 0.1) is 18.7 Å². The number of hydrogen-bond acceptors (Lipinski definition) is 2. The fourth-order valence-electron chi connectivity index (χ4n) is 1.85. The van der Waals surface area contributed by atoms with Crippen LogP contribution in [0.4, 0.5) is 13.2 Å². The molecule has 1 aromatic carbocycles. The minimum Gasteiger partial charge on any atom is -0.356 e. The zero-order valence-corrected chi connectivity index (χ0v) is 18.7. The normalized spacial score (nSPS) is 11.6. The van der Waals surface area contributed by atoms with Crippen LogP contribution in [0.3, 0.4) is 0 Å². The van der Waals surface area contributed by atoms with Gasteiger partial charge in [0.1, 0.15) is 0 Å². The summed E-state index contributed by atoms with van der Waals surface area (Å²) >= 11 is 3.05. The van der Waals surface area contributed by atoms with Gasteiger partial charge in [0, 0.05) is 25.1 Å². The highest BCUT2D eigenvalue weighted by atomic mass is 127. The summed E-state index contributed by atoms with van der Waals surface area (Å²) in [4.78, 5) is 17.2. The van der Waals surface area contributed by atoms with Crippen LogP contribution in [0.15, 0.2) is 27.7 Å². The number of aliphatic imine (C=N–C) groups is 1. The van der Waals surface area contributed by atoms with Crippen molar-refractivity contribution in [3.05, 3.63) is 33.8 Å². The third-order valence-electron chi connectivity index (χ3n) is 3.23. The van der Waals surface area contributed by atoms with E-state index in [0.29, 0.717) is 17.0 Å². The number of hydrogen-bond donors (Lipinski definition) is 2. The molecule has 0 saturated heterocycles. The average Bonchev–Trinajstić information content (AvgIpc) is 2.53. The molecule has 1 amide bonds. The van der Waals surface area contributed by atoms with Crippen molar-refractivity contribution in [1.82, 2.24) is 15.5 Å². The van der Waals surface area contributed by atoms with E-state index in [4.69, 9.17) is 0 Å². The van der Waals surface area contributed by atoms with Crippen molar-refractivity contribution in [3.8, 4) is 0 Å². The minimum atomic E-state index is -4.46. The molecular formula is C16H23BrF3IN4O. The van der Waals surface area contributed by atoms with Crippen LogP contribution in [0.25, 0.3) is 0 Å². The summed E-state index contributed by atoms with van der Waals surface area (Å²) in [5, 5.41) is 5.81. The van der Waals surface area contributed by atoms with Gasteiger partial charge in [0.2, 0.25) is 5.91 Å². The van der Waals surface area contributed by atoms with Crippen molar-refractivity contribution >= 4 is 51.8 Å². The van der Waals surface area contributed by atoms with E-state index in [0.717, 1.165) is 12.5 Å². The molecule has 0 aliphatic heterocycles. The summed E-state index contributed by atoms with van der Waals surface area (Å²) in [5.74, 6) is 0.138. The number of nitrogens with zero attached hydrogens (tertiary/aromatic N) is 2.